The smallest absolute Gasteiger partial charge is 0.191 e. The first-order valence-electron chi connectivity index (χ1n) is 6.45. The van der Waals surface area contributed by atoms with Gasteiger partial charge in [0.2, 0.25) is 0 Å². The largest absolute Gasteiger partial charge is 0.364 e. The summed E-state index contributed by atoms with van der Waals surface area (Å²) in [6, 6.07) is 1.82. The molecule has 0 amide bonds. The van der Waals surface area contributed by atoms with Crippen molar-refractivity contribution < 1.29 is 4.52 Å². The van der Waals surface area contributed by atoms with Crippen molar-refractivity contribution in [1.82, 2.24) is 20.8 Å². The van der Waals surface area contributed by atoms with Crippen LogP contribution in [0.15, 0.2) is 21.8 Å². The van der Waals surface area contributed by atoms with E-state index in [0.29, 0.717) is 6.54 Å². The number of aliphatic imine (C=N–C) groups is 1. The highest BCUT2D eigenvalue weighted by molar-refractivity contribution is 14.0. The molecule has 2 aromatic heterocycles. The van der Waals surface area contributed by atoms with E-state index in [0.717, 1.165) is 35.3 Å². The molecule has 0 saturated carbocycles. The lowest BCUT2D eigenvalue weighted by Crippen LogP contribution is -2.37. The average molecular weight is 421 g/mol. The van der Waals surface area contributed by atoms with Crippen LogP contribution in [0.4, 0.5) is 0 Å². The van der Waals surface area contributed by atoms with Gasteiger partial charge in [-0.1, -0.05) is 5.16 Å². The quantitative estimate of drug-likeness (QED) is 0.440. The molecule has 6 nitrogen and oxygen atoms in total. The summed E-state index contributed by atoms with van der Waals surface area (Å²) in [5.74, 6) is 0.748. The third kappa shape index (κ3) is 5.62. The van der Waals surface area contributed by atoms with Crippen LogP contribution in [-0.2, 0) is 13.0 Å². The second-order valence-corrected chi connectivity index (χ2v) is 5.63. The number of rotatable bonds is 5. The summed E-state index contributed by atoms with van der Waals surface area (Å²) in [7, 11) is 1.75. The number of nitrogens with zero attached hydrogens (tertiary/aromatic N) is 3. The van der Waals surface area contributed by atoms with Crippen LogP contribution in [0, 0.1) is 13.8 Å². The molecule has 0 unspecified atom stereocenters. The zero-order chi connectivity index (χ0) is 14.4. The predicted octanol–water partition coefficient (Wildman–Crippen LogP) is 2.27. The van der Waals surface area contributed by atoms with Gasteiger partial charge < -0.3 is 15.2 Å². The van der Waals surface area contributed by atoms with Gasteiger partial charge in [-0.2, -0.15) is 0 Å². The van der Waals surface area contributed by atoms with Gasteiger partial charge in [-0.25, -0.2) is 4.98 Å². The van der Waals surface area contributed by atoms with Gasteiger partial charge in [0.1, 0.15) is 12.0 Å². The van der Waals surface area contributed by atoms with Gasteiger partial charge in [0, 0.05) is 31.0 Å². The van der Waals surface area contributed by atoms with Crippen molar-refractivity contribution in [3.05, 3.63) is 33.6 Å². The van der Waals surface area contributed by atoms with Crippen molar-refractivity contribution in [2.24, 2.45) is 4.99 Å². The number of thiazole rings is 1. The zero-order valence-corrected chi connectivity index (χ0v) is 15.5. The Kier molecular flexibility index (Phi) is 7.65. The highest BCUT2D eigenvalue weighted by atomic mass is 127. The standard InChI is InChI=1S/C13H19N5OS.HI/c1-9-10(2)20-12(17-9)4-6-15-13(14-3)16-8-11-5-7-19-18-11;/h5,7H,4,6,8H2,1-3H3,(H2,14,15,16);1H. The molecule has 0 aromatic carbocycles. The van der Waals surface area contributed by atoms with Crippen LogP contribution < -0.4 is 10.6 Å². The Bertz CT molecular complexity index is 548. The fourth-order valence-corrected chi connectivity index (χ4v) is 2.59. The predicted molar refractivity (Wildman–Crippen MR) is 95.4 cm³/mol. The van der Waals surface area contributed by atoms with Crippen molar-refractivity contribution >= 4 is 41.3 Å². The summed E-state index contributed by atoms with van der Waals surface area (Å²) in [4.78, 5) is 9.96. The van der Waals surface area contributed by atoms with Gasteiger partial charge in [-0.3, -0.25) is 4.99 Å². The normalized spacial score (nSPS) is 11.1. The molecule has 8 heteroatoms. The third-order valence-corrected chi connectivity index (χ3v) is 3.99. The van der Waals surface area contributed by atoms with E-state index in [1.165, 1.54) is 4.88 Å². The summed E-state index contributed by atoms with van der Waals surface area (Å²) < 4.78 is 4.78. The first-order chi connectivity index (χ1) is 9.69. The molecular formula is C13H20IN5OS. The molecule has 2 N–H and O–H groups in total. The summed E-state index contributed by atoms with van der Waals surface area (Å²) in [6.45, 7) is 5.53. The molecule has 21 heavy (non-hydrogen) atoms. The molecule has 0 atom stereocenters. The fourth-order valence-electron chi connectivity index (χ4n) is 1.66. The Morgan fingerprint density at radius 1 is 1.38 bits per heavy atom. The maximum absolute atomic E-state index is 4.78. The van der Waals surface area contributed by atoms with Crippen LogP contribution in [0.3, 0.4) is 0 Å². The second kappa shape index (κ2) is 8.98. The van der Waals surface area contributed by atoms with E-state index in [4.69, 9.17) is 4.52 Å². The Balaban J connectivity index is 0.00000220. The number of halogens is 1. The summed E-state index contributed by atoms with van der Waals surface area (Å²) in [5.41, 5.74) is 1.97. The van der Waals surface area contributed by atoms with Crippen molar-refractivity contribution in [1.29, 1.82) is 0 Å². The van der Waals surface area contributed by atoms with Crippen LogP contribution in [0.1, 0.15) is 21.3 Å². The van der Waals surface area contributed by atoms with Gasteiger partial charge in [0.25, 0.3) is 0 Å². The number of hydrogen-bond donors (Lipinski definition) is 2. The number of guanidine groups is 1. The maximum atomic E-state index is 4.78. The van der Waals surface area contributed by atoms with Crippen LogP contribution in [-0.4, -0.2) is 29.7 Å². The molecule has 2 aromatic rings. The Hall–Kier alpha value is -1.16. The molecule has 0 aliphatic rings. The van der Waals surface area contributed by atoms with Gasteiger partial charge in [-0.15, -0.1) is 35.3 Å². The van der Waals surface area contributed by atoms with Gasteiger partial charge in [0.05, 0.1) is 17.2 Å². The van der Waals surface area contributed by atoms with E-state index < -0.39 is 0 Å². The summed E-state index contributed by atoms with van der Waals surface area (Å²) in [5, 5.41) is 11.4. The van der Waals surface area contributed by atoms with E-state index in [1.54, 1.807) is 24.6 Å². The molecule has 0 radical (unpaired) electrons. The molecule has 0 spiro atoms. The van der Waals surface area contributed by atoms with Gasteiger partial charge >= 0.3 is 0 Å². The Morgan fingerprint density at radius 3 is 2.76 bits per heavy atom. The van der Waals surface area contributed by atoms with E-state index in [2.05, 4.69) is 32.7 Å². The lowest BCUT2D eigenvalue weighted by atomic mass is 10.4. The molecule has 0 fully saturated rings. The van der Waals surface area contributed by atoms with Gasteiger partial charge in [-0.05, 0) is 13.8 Å². The van der Waals surface area contributed by atoms with Crippen molar-refractivity contribution in [3.8, 4) is 0 Å². The molecule has 116 valence electrons. The highest BCUT2D eigenvalue weighted by Gasteiger charge is 2.04. The molecule has 0 aliphatic carbocycles. The SMILES string of the molecule is CN=C(NCCc1nc(C)c(C)s1)NCc1ccon1.I. The number of hydrogen-bond acceptors (Lipinski definition) is 5. The molecule has 0 aliphatic heterocycles. The number of aryl methyl sites for hydroxylation is 2. The molecule has 2 heterocycles. The monoisotopic (exact) mass is 421 g/mol. The van der Waals surface area contributed by atoms with Gasteiger partial charge in [0.15, 0.2) is 5.96 Å². The first kappa shape index (κ1) is 17.9. The van der Waals surface area contributed by atoms with E-state index in [1.807, 2.05) is 13.0 Å². The topological polar surface area (TPSA) is 75.3 Å². The fraction of sp³-hybridized carbons (Fsp3) is 0.462. The third-order valence-electron chi connectivity index (χ3n) is 2.86. The lowest BCUT2D eigenvalue weighted by molar-refractivity contribution is 0.410. The highest BCUT2D eigenvalue weighted by Crippen LogP contribution is 2.16. The molecular weight excluding hydrogens is 401 g/mol. The summed E-state index contributed by atoms with van der Waals surface area (Å²) >= 11 is 1.75. The lowest BCUT2D eigenvalue weighted by Gasteiger charge is -2.09. The Morgan fingerprint density at radius 2 is 2.19 bits per heavy atom. The van der Waals surface area contributed by atoms with E-state index in [-0.39, 0.29) is 24.0 Å². The Labute approximate surface area is 145 Å². The van der Waals surface area contributed by atoms with Crippen molar-refractivity contribution in [3.63, 3.8) is 0 Å². The van der Waals surface area contributed by atoms with E-state index >= 15 is 0 Å². The second-order valence-electron chi connectivity index (χ2n) is 4.34. The van der Waals surface area contributed by atoms with E-state index in [9.17, 15) is 0 Å². The van der Waals surface area contributed by atoms with Crippen LogP contribution in [0.5, 0.6) is 0 Å². The maximum Gasteiger partial charge on any atom is 0.191 e. The van der Waals surface area contributed by atoms with Crippen molar-refractivity contribution in [2.45, 2.75) is 26.8 Å². The minimum atomic E-state index is 0. The zero-order valence-electron chi connectivity index (χ0n) is 12.3. The minimum Gasteiger partial charge on any atom is -0.364 e. The van der Waals surface area contributed by atoms with Crippen molar-refractivity contribution in [2.75, 3.05) is 13.6 Å². The minimum absolute atomic E-state index is 0. The molecule has 0 saturated heterocycles. The molecule has 2 rings (SSSR count). The number of aromatic nitrogens is 2. The first-order valence-corrected chi connectivity index (χ1v) is 7.27. The van der Waals surface area contributed by atoms with Crippen LogP contribution in [0.2, 0.25) is 0 Å². The van der Waals surface area contributed by atoms with Crippen LogP contribution >= 0.6 is 35.3 Å². The number of nitrogens with one attached hydrogen (secondary N) is 2. The average Bonchev–Trinajstić information content (AvgIpc) is 3.05. The molecule has 0 bridgehead atoms. The summed E-state index contributed by atoms with van der Waals surface area (Å²) in [6.07, 6.45) is 2.45. The van der Waals surface area contributed by atoms with Crippen LogP contribution in [0.25, 0.3) is 0 Å².